The van der Waals surface area contributed by atoms with E-state index in [0.717, 1.165) is 4.90 Å². The lowest BCUT2D eigenvalue weighted by Gasteiger charge is -2.32. The molecule has 110 valence electrons. The fourth-order valence-electron chi connectivity index (χ4n) is 2.40. The highest BCUT2D eigenvalue weighted by atomic mass is 16.7. The number of hydrazine groups is 1. The molecule has 1 aromatic rings. The molecular weight excluding hydrogens is 278 g/mol. The van der Waals surface area contributed by atoms with E-state index in [-0.39, 0.29) is 25.0 Å². The summed E-state index contributed by atoms with van der Waals surface area (Å²) in [5.41, 5.74) is 2.64. The summed E-state index contributed by atoms with van der Waals surface area (Å²) >= 11 is 0. The number of amides is 3. The molecule has 2 aliphatic rings. The van der Waals surface area contributed by atoms with Crippen LogP contribution < -0.4 is 11.3 Å². The third-order valence-electron chi connectivity index (χ3n) is 3.43. The average molecular weight is 291 g/mol. The van der Waals surface area contributed by atoms with Gasteiger partial charge in [-0.05, 0) is 12.1 Å². The summed E-state index contributed by atoms with van der Waals surface area (Å²) in [5, 5.41) is 0. The Morgan fingerprint density at radius 1 is 1.14 bits per heavy atom. The van der Waals surface area contributed by atoms with Crippen LogP contribution in [0.1, 0.15) is 20.7 Å². The topological polar surface area (TPSA) is 111 Å². The summed E-state index contributed by atoms with van der Waals surface area (Å²) in [6, 6.07) is 6.03. The van der Waals surface area contributed by atoms with Crippen molar-refractivity contribution in [1.82, 2.24) is 10.3 Å². The van der Waals surface area contributed by atoms with Crippen molar-refractivity contribution in [3.63, 3.8) is 0 Å². The maximum atomic E-state index is 12.3. The van der Waals surface area contributed by atoms with Crippen LogP contribution in [0.4, 0.5) is 0 Å². The number of nitrogens with two attached hydrogens (primary N) is 1. The highest BCUT2D eigenvalue weighted by molar-refractivity contribution is 6.21. The fraction of sp³-hybridized carbons (Fsp3) is 0.308. The summed E-state index contributed by atoms with van der Waals surface area (Å²) in [6.45, 7) is 0.0348. The van der Waals surface area contributed by atoms with Crippen molar-refractivity contribution in [2.24, 2.45) is 5.84 Å². The van der Waals surface area contributed by atoms with Crippen molar-refractivity contribution in [3.05, 3.63) is 35.4 Å². The second kappa shape index (κ2) is 5.24. The predicted octanol–water partition coefficient (Wildman–Crippen LogP) is -0.986. The molecule has 1 fully saturated rings. The standard InChI is InChI=1S/C13H13N3O5/c14-15-10(17)13-20-5-7(6-21-13)16-11(18)8-3-1-2-4-9(8)12(16)19/h1-4,7,13H,5-6,14H2,(H,15,17). The van der Waals surface area contributed by atoms with Gasteiger partial charge in [0.15, 0.2) is 0 Å². The van der Waals surface area contributed by atoms with E-state index < -0.39 is 18.2 Å². The van der Waals surface area contributed by atoms with Crippen molar-refractivity contribution in [2.75, 3.05) is 13.2 Å². The zero-order chi connectivity index (χ0) is 15.0. The summed E-state index contributed by atoms with van der Waals surface area (Å²) in [6.07, 6.45) is -1.12. The van der Waals surface area contributed by atoms with Crippen LogP contribution in [0.3, 0.4) is 0 Å². The molecule has 8 nitrogen and oxygen atoms in total. The third kappa shape index (κ3) is 2.19. The van der Waals surface area contributed by atoms with E-state index in [1.165, 1.54) is 0 Å². The van der Waals surface area contributed by atoms with Crippen LogP contribution in [0.15, 0.2) is 24.3 Å². The Morgan fingerprint density at radius 3 is 2.14 bits per heavy atom. The Kier molecular flexibility index (Phi) is 3.42. The molecule has 0 aliphatic carbocycles. The Hall–Kier alpha value is -2.29. The summed E-state index contributed by atoms with van der Waals surface area (Å²) in [4.78, 5) is 36.9. The van der Waals surface area contributed by atoms with Crippen molar-refractivity contribution in [1.29, 1.82) is 0 Å². The number of rotatable bonds is 2. The molecule has 8 heteroatoms. The van der Waals surface area contributed by atoms with Gasteiger partial charge in [-0.2, -0.15) is 0 Å². The second-order valence-corrected chi connectivity index (χ2v) is 4.69. The third-order valence-corrected chi connectivity index (χ3v) is 3.43. The van der Waals surface area contributed by atoms with Gasteiger partial charge in [0.2, 0.25) is 6.29 Å². The SMILES string of the molecule is NNC(=O)C1OCC(N2C(=O)c3ccccc3C2=O)CO1. The van der Waals surface area contributed by atoms with Crippen LogP contribution in [-0.2, 0) is 14.3 Å². The first-order valence-corrected chi connectivity index (χ1v) is 6.34. The Bertz CT molecular complexity index is 575. The van der Waals surface area contributed by atoms with Gasteiger partial charge in [-0.15, -0.1) is 0 Å². The Labute approximate surface area is 119 Å². The van der Waals surface area contributed by atoms with Crippen LogP contribution in [-0.4, -0.2) is 48.2 Å². The Balaban J connectivity index is 1.74. The number of hydrogen-bond donors (Lipinski definition) is 2. The second-order valence-electron chi connectivity index (χ2n) is 4.69. The summed E-state index contributed by atoms with van der Waals surface area (Å²) in [5.74, 6) is 3.61. The van der Waals surface area contributed by atoms with Gasteiger partial charge in [-0.1, -0.05) is 12.1 Å². The molecular formula is C13H13N3O5. The molecule has 3 N–H and O–H groups in total. The molecule has 21 heavy (non-hydrogen) atoms. The fourth-order valence-corrected chi connectivity index (χ4v) is 2.40. The van der Waals surface area contributed by atoms with Crippen LogP contribution in [0, 0.1) is 0 Å². The van der Waals surface area contributed by atoms with Gasteiger partial charge in [0.1, 0.15) is 0 Å². The van der Waals surface area contributed by atoms with Crippen molar-refractivity contribution in [2.45, 2.75) is 12.3 Å². The number of nitrogens with one attached hydrogen (secondary N) is 1. The van der Waals surface area contributed by atoms with E-state index in [1.807, 2.05) is 5.43 Å². The molecule has 0 aromatic heterocycles. The lowest BCUT2D eigenvalue weighted by Crippen LogP contribution is -2.53. The largest absolute Gasteiger partial charge is 0.342 e. The zero-order valence-corrected chi connectivity index (χ0v) is 10.9. The van der Waals surface area contributed by atoms with Gasteiger partial charge < -0.3 is 9.47 Å². The first-order chi connectivity index (χ1) is 10.1. The number of hydrogen-bond acceptors (Lipinski definition) is 6. The molecule has 0 spiro atoms. The number of nitrogens with zero attached hydrogens (tertiary/aromatic N) is 1. The average Bonchev–Trinajstić information content (AvgIpc) is 2.79. The maximum absolute atomic E-state index is 12.3. The van der Waals surface area contributed by atoms with Crippen LogP contribution in [0.2, 0.25) is 0 Å². The predicted molar refractivity (Wildman–Crippen MR) is 68.8 cm³/mol. The number of fused-ring (bicyclic) bond motifs is 1. The number of benzene rings is 1. The minimum absolute atomic E-state index is 0.0174. The number of carbonyl (C=O) groups excluding carboxylic acids is 3. The monoisotopic (exact) mass is 291 g/mol. The van der Waals surface area contributed by atoms with E-state index in [4.69, 9.17) is 15.3 Å². The van der Waals surface area contributed by atoms with Crippen molar-refractivity contribution < 1.29 is 23.9 Å². The summed E-state index contributed by atoms with van der Waals surface area (Å²) in [7, 11) is 0. The molecule has 3 rings (SSSR count). The van der Waals surface area contributed by atoms with Crippen molar-refractivity contribution in [3.8, 4) is 0 Å². The van der Waals surface area contributed by atoms with E-state index in [9.17, 15) is 14.4 Å². The van der Waals surface area contributed by atoms with Gasteiger partial charge in [-0.3, -0.25) is 24.7 Å². The van der Waals surface area contributed by atoms with Gasteiger partial charge in [0.25, 0.3) is 17.7 Å². The molecule has 0 saturated carbocycles. The number of ether oxygens (including phenoxy) is 2. The van der Waals surface area contributed by atoms with Gasteiger partial charge >= 0.3 is 0 Å². The maximum Gasteiger partial charge on any atom is 0.290 e. The lowest BCUT2D eigenvalue weighted by molar-refractivity contribution is -0.201. The molecule has 0 bridgehead atoms. The molecule has 0 unspecified atom stereocenters. The smallest absolute Gasteiger partial charge is 0.290 e. The highest BCUT2D eigenvalue weighted by Crippen LogP contribution is 2.26. The molecule has 2 heterocycles. The minimum atomic E-state index is -1.12. The molecule has 3 amide bonds. The number of carbonyl (C=O) groups is 3. The summed E-state index contributed by atoms with van der Waals surface area (Å²) < 4.78 is 10.4. The molecule has 1 aromatic carbocycles. The first-order valence-electron chi connectivity index (χ1n) is 6.34. The van der Waals surface area contributed by atoms with E-state index in [1.54, 1.807) is 24.3 Å². The van der Waals surface area contributed by atoms with Gasteiger partial charge in [0.05, 0.1) is 30.4 Å². The van der Waals surface area contributed by atoms with E-state index in [0.29, 0.717) is 11.1 Å². The zero-order valence-electron chi connectivity index (χ0n) is 10.9. The lowest BCUT2D eigenvalue weighted by atomic mass is 10.1. The number of imide groups is 1. The minimum Gasteiger partial charge on any atom is -0.342 e. The van der Waals surface area contributed by atoms with Crippen molar-refractivity contribution >= 4 is 17.7 Å². The highest BCUT2D eigenvalue weighted by Gasteiger charge is 2.42. The van der Waals surface area contributed by atoms with Gasteiger partial charge in [0, 0.05) is 0 Å². The quantitative estimate of drug-likeness (QED) is 0.313. The molecule has 1 saturated heterocycles. The Morgan fingerprint density at radius 2 is 1.67 bits per heavy atom. The van der Waals surface area contributed by atoms with Crippen LogP contribution in [0.25, 0.3) is 0 Å². The molecule has 0 atom stereocenters. The van der Waals surface area contributed by atoms with Crippen LogP contribution >= 0.6 is 0 Å². The normalized spacial score (nSPS) is 24.9. The van der Waals surface area contributed by atoms with Gasteiger partial charge in [-0.25, -0.2) is 5.84 Å². The molecule has 0 radical (unpaired) electrons. The van der Waals surface area contributed by atoms with E-state index in [2.05, 4.69) is 0 Å². The molecule has 2 aliphatic heterocycles. The first kappa shape index (κ1) is 13.7. The van der Waals surface area contributed by atoms with Crippen LogP contribution in [0.5, 0.6) is 0 Å². The van der Waals surface area contributed by atoms with E-state index >= 15 is 0 Å².